The molecule has 6 rings (SSSR count). The molecule has 0 aliphatic carbocycles. The van der Waals surface area contributed by atoms with Gasteiger partial charge in [0.2, 0.25) is 0 Å². The zero-order valence-corrected chi connectivity index (χ0v) is 21.9. The first-order chi connectivity index (χ1) is 16.5. The van der Waals surface area contributed by atoms with Gasteiger partial charge in [0.05, 0.1) is 0 Å². The molecule has 1 heterocycles. The summed E-state index contributed by atoms with van der Waals surface area (Å²) in [5.74, 6) is 7.23. The molecular formula is C32H27GeN. The molecule has 1 aromatic heterocycles. The van der Waals surface area contributed by atoms with Crippen LogP contribution in [0.25, 0.3) is 54.7 Å². The molecule has 0 spiro atoms. The van der Waals surface area contributed by atoms with E-state index in [1.54, 1.807) is 0 Å². The second kappa shape index (κ2) is 8.11. The van der Waals surface area contributed by atoms with Crippen molar-refractivity contribution in [3.05, 3.63) is 109 Å². The summed E-state index contributed by atoms with van der Waals surface area (Å²) in [6.45, 7) is 0. The second-order valence-electron chi connectivity index (χ2n) is 10.1. The third kappa shape index (κ3) is 3.61. The zero-order chi connectivity index (χ0) is 23.3. The van der Waals surface area contributed by atoms with Gasteiger partial charge in [0.15, 0.2) is 0 Å². The summed E-state index contributed by atoms with van der Waals surface area (Å²) in [4.78, 5) is 4.87. The molecule has 0 aliphatic heterocycles. The molecule has 2 heteroatoms. The van der Waals surface area contributed by atoms with Gasteiger partial charge in [0.1, 0.15) is 0 Å². The number of benzene rings is 5. The van der Waals surface area contributed by atoms with E-state index in [-0.39, 0.29) is 0 Å². The van der Waals surface area contributed by atoms with E-state index < -0.39 is 13.3 Å². The summed E-state index contributed by atoms with van der Waals surface area (Å²) < 4.78 is 1.44. The van der Waals surface area contributed by atoms with Crippen molar-refractivity contribution in [2.75, 3.05) is 0 Å². The molecule has 1 nitrogen and oxygen atoms in total. The number of hydrogen-bond donors (Lipinski definition) is 0. The van der Waals surface area contributed by atoms with Crippen LogP contribution in [0.3, 0.4) is 0 Å². The van der Waals surface area contributed by atoms with Crippen LogP contribution in [0.1, 0.15) is 0 Å². The van der Waals surface area contributed by atoms with Crippen LogP contribution >= 0.6 is 0 Å². The van der Waals surface area contributed by atoms with Crippen molar-refractivity contribution in [3.63, 3.8) is 0 Å². The summed E-state index contributed by atoms with van der Waals surface area (Å²) in [6, 6.07) is 37.6. The minimum absolute atomic E-state index is 1.04. The molecule has 0 saturated heterocycles. The van der Waals surface area contributed by atoms with Crippen LogP contribution in [0.5, 0.6) is 0 Å². The number of nitrogens with zero attached hydrogens (tertiary/aromatic N) is 1. The first-order valence-electron chi connectivity index (χ1n) is 11.9. The van der Waals surface area contributed by atoms with Gasteiger partial charge in [-0.3, -0.25) is 0 Å². The van der Waals surface area contributed by atoms with E-state index >= 15 is 0 Å². The van der Waals surface area contributed by atoms with Gasteiger partial charge < -0.3 is 0 Å². The Labute approximate surface area is 203 Å². The third-order valence-electron chi connectivity index (χ3n) is 6.87. The van der Waals surface area contributed by atoms with Crippen LogP contribution < -0.4 is 4.40 Å². The summed E-state index contributed by atoms with van der Waals surface area (Å²) in [5.41, 5.74) is 4.71. The van der Waals surface area contributed by atoms with Crippen LogP contribution in [0.2, 0.25) is 17.3 Å². The van der Waals surface area contributed by atoms with Crippen LogP contribution in [0.4, 0.5) is 0 Å². The monoisotopic (exact) mass is 499 g/mol. The Hall–Kier alpha value is -3.43. The summed E-state index contributed by atoms with van der Waals surface area (Å²) in [7, 11) is 0. The molecule has 0 unspecified atom stereocenters. The van der Waals surface area contributed by atoms with Gasteiger partial charge in [-0.2, -0.15) is 0 Å². The van der Waals surface area contributed by atoms with E-state index in [9.17, 15) is 0 Å². The molecule has 34 heavy (non-hydrogen) atoms. The van der Waals surface area contributed by atoms with Crippen molar-refractivity contribution < 1.29 is 0 Å². The average Bonchev–Trinajstić information content (AvgIpc) is 2.88. The molecule has 0 saturated carbocycles. The van der Waals surface area contributed by atoms with Crippen molar-refractivity contribution in [1.29, 1.82) is 0 Å². The molecule has 0 radical (unpaired) electrons. The van der Waals surface area contributed by atoms with E-state index in [1.807, 2.05) is 0 Å². The number of aromatic nitrogens is 1. The maximum absolute atomic E-state index is 4.87. The normalized spacial score (nSPS) is 12.0. The van der Waals surface area contributed by atoms with Gasteiger partial charge in [-0.15, -0.1) is 0 Å². The topological polar surface area (TPSA) is 12.9 Å². The van der Waals surface area contributed by atoms with Crippen LogP contribution in [-0.4, -0.2) is 18.3 Å². The predicted molar refractivity (Wildman–Crippen MR) is 151 cm³/mol. The van der Waals surface area contributed by atoms with Gasteiger partial charge in [0, 0.05) is 0 Å². The molecule has 6 aromatic rings. The van der Waals surface area contributed by atoms with Crippen molar-refractivity contribution in [3.8, 4) is 22.4 Å². The first kappa shape index (κ1) is 21.1. The Morgan fingerprint density at radius 1 is 0.471 bits per heavy atom. The average molecular weight is 498 g/mol. The molecule has 0 aliphatic rings. The summed E-state index contributed by atoms with van der Waals surface area (Å²) >= 11 is -1.88. The molecule has 164 valence electrons. The number of fused-ring (bicyclic) bond motifs is 6. The third-order valence-corrected chi connectivity index (χ3v) is 11.1. The van der Waals surface area contributed by atoms with Gasteiger partial charge in [0.25, 0.3) is 0 Å². The molecule has 0 amide bonds. The van der Waals surface area contributed by atoms with Crippen LogP contribution in [0.15, 0.2) is 109 Å². The van der Waals surface area contributed by atoms with Crippen molar-refractivity contribution >= 4 is 50.0 Å². The molecule has 0 N–H and O–H groups in total. The van der Waals surface area contributed by atoms with E-state index in [2.05, 4.69) is 127 Å². The van der Waals surface area contributed by atoms with Crippen molar-refractivity contribution in [2.24, 2.45) is 0 Å². The number of rotatable bonds is 3. The van der Waals surface area contributed by atoms with E-state index in [1.165, 1.54) is 53.4 Å². The van der Waals surface area contributed by atoms with Crippen molar-refractivity contribution in [1.82, 2.24) is 4.98 Å². The standard InChI is InChI=1S/C32H27GeN/c1-33(2,3)25-15-18-32(34-21-25)24-14-17-28-26-11-7-8-12-27(26)30-19-23(22-9-5-4-6-10-22)13-16-29(30)31(28)20-24/h4-21H,1-3H3. The fourth-order valence-electron chi connectivity index (χ4n) is 4.93. The zero-order valence-electron chi connectivity index (χ0n) is 19.8. The summed E-state index contributed by atoms with van der Waals surface area (Å²) in [5, 5.41) is 7.76. The van der Waals surface area contributed by atoms with E-state index in [0.717, 1.165) is 5.69 Å². The van der Waals surface area contributed by atoms with E-state index in [4.69, 9.17) is 4.98 Å². The Morgan fingerprint density at radius 3 is 1.68 bits per heavy atom. The molecular weight excluding hydrogens is 471 g/mol. The molecule has 0 atom stereocenters. The van der Waals surface area contributed by atoms with E-state index in [0.29, 0.717) is 0 Å². The van der Waals surface area contributed by atoms with Crippen molar-refractivity contribution in [2.45, 2.75) is 17.3 Å². The second-order valence-corrected chi connectivity index (χ2v) is 20.8. The van der Waals surface area contributed by atoms with Gasteiger partial charge in [-0.05, 0) is 0 Å². The molecule has 0 fully saturated rings. The van der Waals surface area contributed by atoms with Crippen LogP contribution in [-0.2, 0) is 0 Å². The van der Waals surface area contributed by atoms with Gasteiger partial charge in [-0.25, -0.2) is 0 Å². The number of pyridine rings is 1. The SMILES string of the molecule is [CH3][Ge]([CH3])([CH3])[c]1ccc(-c2ccc3c4ccccc4c4cc(-c5ccccc5)ccc4c3c2)nc1. The quantitative estimate of drug-likeness (QED) is 0.176. The fourth-order valence-corrected chi connectivity index (χ4v) is 7.11. The van der Waals surface area contributed by atoms with Gasteiger partial charge in [-0.1, -0.05) is 30.3 Å². The minimum atomic E-state index is -1.88. The summed E-state index contributed by atoms with van der Waals surface area (Å²) in [6.07, 6.45) is 2.10. The predicted octanol–water partition coefficient (Wildman–Crippen LogP) is 8.42. The molecule has 0 bridgehead atoms. The Morgan fingerprint density at radius 2 is 1.03 bits per heavy atom. The first-order valence-corrected chi connectivity index (χ1v) is 19.2. The Balaban J connectivity index is 1.60. The Bertz CT molecular complexity index is 1660. The Kier molecular flexibility index (Phi) is 5.04. The van der Waals surface area contributed by atoms with Gasteiger partial charge >= 0.3 is 174 Å². The fraction of sp³-hybridized carbons (Fsp3) is 0.0938. The maximum atomic E-state index is 4.87. The number of hydrogen-bond acceptors (Lipinski definition) is 1. The molecule has 5 aromatic carbocycles. The van der Waals surface area contributed by atoms with Crippen LogP contribution in [0, 0.1) is 0 Å².